The minimum absolute atomic E-state index is 0. The fourth-order valence-electron chi connectivity index (χ4n) is 1.46. The number of phenolic OH excluding ortho intramolecular Hbond substituents is 2. The Morgan fingerprint density at radius 1 is 0.714 bits per heavy atom. The normalized spacial score (nSPS) is 10.0. The summed E-state index contributed by atoms with van der Waals surface area (Å²) < 4.78 is 31.6. The molecule has 6 nitrogen and oxygen atoms in total. The molecule has 0 spiro atoms. The van der Waals surface area contributed by atoms with Crippen molar-refractivity contribution in [3.05, 3.63) is 59.7 Å². The third kappa shape index (κ3) is 10.3. The predicted molar refractivity (Wildman–Crippen MR) is 79.0 cm³/mol. The van der Waals surface area contributed by atoms with Gasteiger partial charge in [-0.3, -0.25) is 9.11 Å². The van der Waals surface area contributed by atoms with E-state index < -0.39 is 10.4 Å². The van der Waals surface area contributed by atoms with E-state index in [1.165, 1.54) is 0 Å². The van der Waals surface area contributed by atoms with Crippen molar-refractivity contribution >= 4 is 40.0 Å². The van der Waals surface area contributed by atoms with Crippen molar-refractivity contribution in [1.29, 1.82) is 0 Å². The molecular formula is C13H14NaO6S. The van der Waals surface area contributed by atoms with Gasteiger partial charge in [0.1, 0.15) is 11.5 Å². The second-order valence-corrected chi connectivity index (χ2v) is 4.85. The summed E-state index contributed by atoms with van der Waals surface area (Å²) in [5, 5.41) is 18.3. The maximum absolute atomic E-state index is 9.13. The van der Waals surface area contributed by atoms with Crippen LogP contribution in [0.5, 0.6) is 11.5 Å². The number of benzene rings is 2. The zero-order valence-corrected chi connectivity index (χ0v) is 14.2. The molecule has 0 heterocycles. The van der Waals surface area contributed by atoms with Crippen molar-refractivity contribution in [2.45, 2.75) is 6.42 Å². The van der Waals surface area contributed by atoms with Crippen LogP contribution < -0.4 is 0 Å². The molecule has 0 atom stereocenters. The van der Waals surface area contributed by atoms with Gasteiger partial charge in [-0.1, -0.05) is 24.3 Å². The van der Waals surface area contributed by atoms with Gasteiger partial charge < -0.3 is 10.2 Å². The molecular weight excluding hydrogens is 307 g/mol. The van der Waals surface area contributed by atoms with Gasteiger partial charge >= 0.3 is 10.4 Å². The average Bonchev–Trinajstić information content (AvgIpc) is 2.33. The number of aromatic hydroxyl groups is 2. The standard InChI is InChI=1S/C13H12O2.Na.H2O4S/c14-12-5-1-10(2-6-12)9-11-3-7-13(15)8-4-11;;1-5(2,3)4/h1-8,14-15H,9H2;;(H2,1,2,3,4). The van der Waals surface area contributed by atoms with E-state index >= 15 is 0 Å². The van der Waals surface area contributed by atoms with Gasteiger partial charge in [-0.25, -0.2) is 0 Å². The van der Waals surface area contributed by atoms with Crippen LogP contribution in [0.2, 0.25) is 0 Å². The fraction of sp³-hybridized carbons (Fsp3) is 0.0769. The third-order valence-corrected chi connectivity index (χ3v) is 2.28. The second kappa shape index (κ2) is 9.04. The largest absolute Gasteiger partial charge is 0.508 e. The van der Waals surface area contributed by atoms with Crippen LogP contribution in [-0.2, 0) is 16.8 Å². The Bertz CT molecular complexity index is 586. The summed E-state index contributed by atoms with van der Waals surface area (Å²) in [5.74, 6) is 0.564. The van der Waals surface area contributed by atoms with Gasteiger partial charge in [0.05, 0.1) is 0 Å². The molecule has 4 N–H and O–H groups in total. The Kier molecular flexibility index (Phi) is 8.57. The Morgan fingerprint density at radius 2 is 0.952 bits per heavy atom. The van der Waals surface area contributed by atoms with E-state index in [4.69, 9.17) is 27.7 Å². The summed E-state index contributed by atoms with van der Waals surface area (Å²) in [4.78, 5) is 0. The van der Waals surface area contributed by atoms with Crippen LogP contribution in [0.3, 0.4) is 0 Å². The van der Waals surface area contributed by atoms with Crippen LogP contribution in [0, 0.1) is 0 Å². The van der Waals surface area contributed by atoms with Crippen molar-refractivity contribution in [2.24, 2.45) is 0 Å². The van der Waals surface area contributed by atoms with Gasteiger partial charge in [0, 0.05) is 29.6 Å². The SMILES string of the molecule is O=S(=O)(O)O.Oc1ccc(Cc2ccc(O)cc2)cc1.[Na]. The number of hydrogen-bond donors (Lipinski definition) is 4. The zero-order valence-electron chi connectivity index (χ0n) is 11.3. The first-order valence-corrected chi connectivity index (χ1v) is 6.89. The van der Waals surface area contributed by atoms with E-state index in [2.05, 4.69) is 0 Å². The molecule has 0 saturated carbocycles. The molecule has 0 fully saturated rings. The first-order chi connectivity index (χ1) is 9.24. The molecule has 8 heteroatoms. The molecule has 0 saturated heterocycles. The molecule has 1 radical (unpaired) electrons. The van der Waals surface area contributed by atoms with Crippen molar-refractivity contribution < 1.29 is 27.7 Å². The Morgan fingerprint density at radius 3 is 1.19 bits per heavy atom. The zero-order chi connectivity index (χ0) is 15.2. The minimum Gasteiger partial charge on any atom is -0.508 e. The van der Waals surface area contributed by atoms with Gasteiger partial charge in [0.25, 0.3) is 0 Å². The van der Waals surface area contributed by atoms with Gasteiger partial charge in [0.15, 0.2) is 0 Å². The first kappa shape index (κ1) is 19.9. The molecule has 0 unspecified atom stereocenters. The van der Waals surface area contributed by atoms with E-state index in [-0.39, 0.29) is 41.1 Å². The monoisotopic (exact) mass is 321 g/mol. The van der Waals surface area contributed by atoms with Gasteiger partial charge in [0.2, 0.25) is 0 Å². The molecule has 0 bridgehead atoms. The average molecular weight is 321 g/mol. The molecule has 0 aliphatic carbocycles. The van der Waals surface area contributed by atoms with Gasteiger partial charge in [-0.05, 0) is 41.8 Å². The van der Waals surface area contributed by atoms with Gasteiger partial charge in [-0.2, -0.15) is 8.42 Å². The van der Waals surface area contributed by atoms with E-state index in [1.54, 1.807) is 24.3 Å². The molecule has 0 amide bonds. The smallest absolute Gasteiger partial charge is 0.394 e. The van der Waals surface area contributed by atoms with Crippen molar-refractivity contribution in [1.82, 2.24) is 0 Å². The van der Waals surface area contributed by atoms with Crippen molar-refractivity contribution in [3.8, 4) is 11.5 Å². The number of hydrogen-bond acceptors (Lipinski definition) is 4. The topological polar surface area (TPSA) is 115 Å². The van der Waals surface area contributed by atoms with E-state index in [0.29, 0.717) is 0 Å². The van der Waals surface area contributed by atoms with Gasteiger partial charge in [-0.15, -0.1) is 0 Å². The van der Waals surface area contributed by atoms with Crippen LogP contribution in [-0.4, -0.2) is 57.3 Å². The van der Waals surface area contributed by atoms with Crippen molar-refractivity contribution in [3.63, 3.8) is 0 Å². The molecule has 0 aliphatic rings. The maximum atomic E-state index is 9.13. The second-order valence-electron chi connectivity index (χ2n) is 3.96. The maximum Gasteiger partial charge on any atom is 0.394 e. The molecule has 2 rings (SSSR count). The summed E-state index contributed by atoms with van der Waals surface area (Å²) in [5.41, 5.74) is 2.27. The van der Waals surface area contributed by atoms with Crippen LogP contribution in [0.15, 0.2) is 48.5 Å². The summed E-state index contributed by atoms with van der Waals surface area (Å²) in [6.45, 7) is 0. The quantitative estimate of drug-likeness (QED) is 0.494. The molecule has 0 aliphatic heterocycles. The van der Waals surface area contributed by atoms with Crippen LogP contribution in [0.1, 0.15) is 11.1 Å². The Hall–Kier alpha value is -1.09. The summed E-state index contributed by atoms with van der Waals surface area (Å²) in [6.07, 6.45) is 0.806. The summed E-state index contributed by atoms with van der Waals surface area (Å²) >= 11 is 0. The molecule has 21 heavy (non-hydrogen) atoms. The number of phenols is 2. The third-order valence-electron chi connectivity index (χ3n) is 2.28. The summed E-state index contributed by atoms with van der Waals surface area (Å²) in [6, 6.07) is 14.3. The Balaban J connectivity index is 0.000000583. The van der Waals surface area contributed by atoms with E-state index in [9.17, 15) is 0 Å². The summed E-state index contributed by atoms with van der Waals surface area (Å²) in [7, 11) is -4.67. The Labute approximate surface area is 144 Å². The molecule has 109 valence electrons. The van der Waals surface area contributed by atoms with Crippen LogP contribution in [0.25, 0.3) is 0 Å². The predicted octanol–water partition coefficient (Wildman–Crippen LogP) is 1.66. The van der Waals surface area contributed by atoms with E-state index in [1.807, 2.05) is 24.3 Å². The molecule has 0 aromatic heterocycles. The van der Waals surface area contributed by atoms with Crippen LogP contribution in [0.4, 0.5) is 0 Å². The molecule has 2 aromatic rings. The first-order valence-electron chi connectivity index (χ1n) is 5.50. The van der Waals surface area contributed by atoms with Crippen molar-refractivity contribution in [2.75, 3.05) is 0 Å². The number of rotatable bonds is 2. The van der Waals surface area contributed by atoms with E-state index in [0.717, 1.165) is 17.5 Å². The molecule has 2 aromatic carbocycles. The van der Waals surface area contributed by atoms with Crippen LogP contribution >= 0.6 is 0 Å². The minimum atomic E-state index is -4.67. The fourth-order valence-corrected chi connectivity index (χ4v) is 1.46.